The summed E-state index contributed by atoms with van der Waals surface area (Å²) in [5.74, 6) is 2.69. The van der Waals surface area contributed by atoms with Gasteiger partial charge in [0.05, 0.1) is 6.54 Å². The fourth-order valence-electron chi connectivity index (χ4n) is 2.30. The summed E-state index contributed by atoms with van der Waals surface area (Å²) in [6.07, 6.45) is 5.35. The first-order valence-electron chi connectivity index (χ1n) is 6.08. The summed E-state index contributed by atoms with van der Waals surface area (Å²) in [5, 5.41) is 0. The van der Waals surface area contributed by atoms with Crippen LogP contribution in [0.5, 0.6) is 0 Å². The van der Waals surface area contributed by atoms with Crippen LogP contribution >= 0.6 is 0 Å². The maximum Gasteiger partial charge on any atom is 0.0599 e. The Kier molecular flexibility index (Phi) is 4.37. The lowest BCUT2D eigenvalue weighted by Crippen LogP contribution is -2.20. The van der Waals surface area contributed by atoms with Crippen LogP contribution < -0.4 is 0 Å². The molecular formula is C16H23N. The van der Waals surface area contributed by atoms with Crippen LogP contribution in [-0.2, 0) is 6.54 Å². The van der Waals surface area contributed by atoms with Gasteiger partial charge in [0.15, 0.2) is 0 Å². The molecule has 0 aliphatic carbocycles. The van der Waals surface area contributed by atoms with Gasteiger partial charge in [0.2, 0.25) is 0 Å². The van der Waals surface area contributed by atoms with Gasteiger partial charge < -0.3 is 0 Å². The molecule has 0 aliphatic rings. The molecule has 0 bridgehead atoms. The van der Waals surface area contributed by atoms with Crippen molar-refractivity contribution in [1.29, 1.82) is 0 Å². The Bertz CT molecular complexity index is 434. The van der Waals surface area contributed by atoms with Crippen LogP contribution in [0.2, 0.25) is 0 Å². The third kappa shape index (κ3) is 2.70. The quantitative estimate of drug-likeness (QED) is 0.719. The van der Waals surface area contributed by atoms with Crippen molar-refractivity contribution in [2.45, 2.75) is 41.2 Å². The van der Waals surface area contributed by atoms with E-state index in [0.29, 0.717) is 6.54 Å². The average Bonchev–Trinajstić information content (AvgIpc) is 2.30. The standard InChI is InChI=1S/C16H23N/c1-8-9-17(7)10-16-14(5)12(3)11(2)13(4)15(16)6/h1H,9-10H2,2-7H3. The second-order valence-electron chi connectivity index (χ2n) is 4.98. The van der Waals surface area contributed by atoms with Gasteiger partial charge in [-0.05, 0) is 75.0 Å². The third-order valence-electron chi connectivity index (χ3n) is 3.94. The molecule has 0 radical (unpaired) electrons. The van der Waals surface area contributed by atoms with E-state index in [1.54, 1.807) is 0 Å². The molecule has 1 aromatic rings. The highest BCUT2D eigenvalue weighted by molar-refractivity contribution is 5.49. The van der Waals surface area contributed by atoms with Crippen LogP contribution in [0.1, 0.15) is 33.4 Å². The van der Waals surface area contributed by atoms with Crippen molar-refractivity contribution in [3.8, 4) is 12.3 Å². The second kappa shape index (κ2) is 5.38. The van der Waals surface area contributed by atoms with Gasteiger partial charge in [-0.25, -0.2) is 0 Å². The molecule has 0 heterocycles. The first kappa shape index (κ1) is 13.8. The number of benzene rings is 1. The van der Waals surface area contributed by atoms with Crippen LogP contribution in [0.4, 0.5) is 0 Å². The van der Waals surface area contributed by atoms with E-state index in [1.165, 1.54) is 33.4 Å². The Morgan fingerprint density at radius 2 is 1.29 bits per heavy atom. The van der Waals surface area contributed by atoms with Gasteiger partial charge in [0.25, 0.3) is 0 Å². The lowest BCUT2D eigenvalue weighted by Gasteiger charge is -2.22. The molecule has 1 aromatic carbocycles. The summed E-state index contributed by atoms with van der Waals surface area (Å²) in [6.45, 7) is 12.7. The van der Waals surface area contributed by atoms with Crippen molar-refractivity contribution in [1.82, 2.24) is 4.90 Å². The summed E-state index contributed by atoms with van der Waals surface area (Å²) in [5.41, 5.74) is 8.50. The molecule has 0 N–H and O–H groups in total. The van der Waals surface area contributed by atoms with Crippen molar-refractivity contribution in [3.63, 3.8) is 0 Å². The van der Waals surface area contributed by atoms with Crippen LogP contribution in [0.15, 0.2) is 0 Å². The van der Waals surface area contributed by atoms with Crippen LogP contribution in [-0.4, -0.2) is 18.5 Å². The van der Waals surface area contributed by atoms with Crippen LogP contribution in [0.25, 0.3) is 0 Å². The van der Waals surface area contributed by atoms with E-state index >= 15 is 0 Å². The molecule has 0 aliphatic heterocycles. The van der Waals surface area contributed by atoms with E-state index in [9.17, 15) is 0 Å². The average molecular weight is 229 g/mol. The summed E-state index contributed by atoms with van der Waals surface area (Å²) in [6, 6.07) is 0. The monoisotopic (exact) mass is 229 g/mol. The van der Waals surface area contributed by atoms with E-state index in [4.69, 9.17) is 6.42 Å². The van der Waals surface area contributed by atoms with Crippen molar-refractivity contribution in [2.24, 2.45) is 0 Å². The molecule has 0 unspecified atom stereocenters. The fourth-order valence-corrected chi connectivity index (χ4v) is 2.30. The van der Waals surface area contributed by atoms with Gasteiger partial charge in [0, 0.05) is 6.54 Å². The van der Waals surface area contributed by atoms with Crippen LogP contribution in [0, 0.1) is 47.0 Å². The highest BCUT2D eigenvalue weighted by Gasteiger charge is 2.13. The Hall–Kier alpha value is -1.26. The zero-order valence-corrected chi connectivity index (χ0v) is 11.9. The van der Waals surface area contributed by atoms with E-state index < -0.39 is 0 Å². The molecule has 0 saturated heterocycles. The molecule has 17 heavy (non-hydrogen) atoms. The SMILES string of the molecule is C#CCN(C)Cc1c(C)c(C)c(C)c(C)c1C. The van der Waals surface area contributed by atoms with Gasteiger partial charge in [-0.15, -0.1) is 6.42 Å². The molecule has 0 amide bonds. The molecule has 0 saturated carbocycles. The first-order valence-corrected chi connectivity index (χ1v) is 6.08. The fraction of sp³-hybridized carbons (Fsp3) is 0.500. The molecule has 1 nitrogen and oxygen atoms in total. The number of nitrogens with zero attached hydrogens (tertiary/aromatic N) is 1. The molecule has 0 spiro atoms. The lowest BCUT2D eigenvalue weighted by atomic mass is 9.89. The zero-order chi connectivity index (χ0) is 13.2. The zero-order valence-electron chi connectivity index (χ0n) is 11.9. The smallest absolute Gasteiger partial charge is 0.0599 e. The molecule has 0 atom stereocenters. The minimum Gasteiger partial charge on any atom is -0.291 e. The van der Waals surface area contributed by atoms with Crippen molar-refractivity contribution in [2.75, 3.05) is 13.6 Å². The second-order valence-corrected chi connectivity index (χ2v) is 4.98. The summed E-state index contributed by atoms with van der Waals surface area (Å²) < 4.78 is 0. The van der Waals surface area contributed by atoms with Gasteiger partial charge in [-0.2, -0.15) is 0 Å². The minimum absolute atomic E-state index is 0.699. The maximum atomic E-state index is 5.35. The third-order valence-corrected chi connectivity index (χ3v) is 3.94. The minimum atomic E-state index is 0.699. The highest BCUT2D eigenvalue weighted by Crippen LogP contribution is 2.26. The Labute approximate surface area is 106 Å². The molecule has 0 fully saturated rings. The lowest BCUT2D eigenvalue weighted by molar-refractivity contribution is 0.367. The molecule has 0 aromatic heterocycles. The molecular weight excluding hydrogens is 206 g/mol. The van der Waals surface area contributed by atoms with Gasteiger partial charge in [0.1, 0.15) is 0 Å². The van der Waals surface area contributed by atoms with Crippen molar-refractivity contribution in [3.05, 3.63) is 33.4 Å². The van der Waals surface area contributed by atoms with Gasteiger partial charge in [-0.3, -0.25) is 4.90 Å². The summed E-state index contributed by atoms with van der Waals surface area (Å²) in [7, 11) is 2.07. The predicted molar refractivity (Wildman–Crippen MR) is 75.3 cm³/mol. The summed E-state index contributed by atoms with van der Waals surface area (Å²) in [4.78, 5) is 2.18. The van der Waals surface area contributed by atoms with E-state index in [1.807, 2.05) is 0 Å². The largest absolute Gasteiger partial charge is 0.291 e. The number of terminal acetylenes is 1. The molecule has 1 heteroatoms. The summed E-state index contributed by atoms with van der Waals surface area (Å²) >= 11 is 0. The Balaban J connectivity index is 3.21. The highest BCUT2D eigenvalue weighted by atomic mass is 15.1. The molecule has 92 valence electrons. The van der Waals surface area contributed by atoms with E-state index in [0.717, 1.165) is 6.54 Å². The molecule has 1 rings (SSSR count). The predicted octanol–water partition coefficient (Wildman–Crippen LogP) is 3.29. The normalized spacial score (nSPS) is 10.7. The van der Waals surface area contributed by atoms with Gasteiger partial charge in [-0.1, -0.05) is 5.92 Å². The topological polar surface area (TPSA) is 3.24 Å². The van der Waals surface area contributed by atoms with E-state index in [2.05, 4.69) is 52.5 Å². The maximum absolute atomic E-state index is 5.35. The van der Waals surface area contributed by atoms with Crippen molar-refractivity contribution < 1.29 is 0 Å². The van der Waals surface area contributed by atoms with E-state index in [-0.39, 0.29) is 0 Å². The van der Waals surface area contributed by atoms with Gasteiger partial charge >= 0.3 is 0 Å². The van der Waals surface area contributed by atoms with Crippen molar-refractivity contribution >= 4 is 0 Å². The number of hydrogen-bond donors (Lipinski definition) is 0. The number of rotatable bonds is 3. The number of hydrogen-bond acceptors (Lipinski definition) is 1. The van der Waals surface area contributed by atoms with Crippen LogP contribution in [0.3, 0.4) is 0 Å². The Morgan fingerprint density at radius 3 is 1.71 bits per heavy atom. The Morgan fingerprint density at radius 1 is 0.882 bits per heavy atom. The first-order chi connectivity index (χ1) is 7.90.